The van der Waals surface area contributed by atoms with Crippen LogP contribution in [0.5, 0.6) is 0 Å². The third kappa shape index (κ3) is 4.17. The molecular weight excluding hydrogens is 267 g/mol. The average Bonchev–Trinajstić information content (AvgIpc) is 2.61. The Hall–Kier alpha value is -1.13. The van der Waals surface area contributed by atoms with Crippen molar-refractivity contribution in [3.63, 3.8) is 0 Å². The van der Waals surface area contributed by atoms with Crippen LogP contribution in [0.4, 0.5) is 10.1 Å². The lowest BCUT2D eigenvalue weighted by atomic mass is 9.91. The number of likely N-dealkylation sites (tertiary alicyclic amines) is 1. The van der Waals surface area contributed by atoms with Gasteiger partial charge in [-0.25, -0.2) is 4.39 Å². The van der Waals surface area contributed by atoms with Gasteiger partial charge in [0.2, 0.25) is 0 Å². The quantitative estimate of drug-likeness (QED) is 0.895. The predicted molar refractivity (Wildman–Crippen MR) is 85.1 cm³/mol. The summed E-state index contributed by atoms with van der Waals surface area (Å²) in [5, 5.41) is 13.3. The van der Waals surface area contributed by atoms with Crippen LogP contribution in [0.2, 0.25) is 0 Å². The van der Waals surface area contributed by atoms with Crippen molar-refractivity contribution in [3.05, 3.63) is 29.6 Å². The molecule has 1 fully saturated rings. The number of rotatable bonds is 4. The van der Waals surface area contributed by atoms with Gasteiger partial charge in [0.1, 0.15) is 5.82 Å². The minimum atomic E-state index is -0.343. The van der Waals surface area contributed by atoms with Crippen LogP contribution in [-0.2, 0) is 0 Å². The van der Waals surface area contributed by atoms with Gasteiger partial charge in [-0.05, 0) is 70.3 Å². The normalized spacial score (nSPS) is 24.1. The van der Waals surface area contributed by atoms with Gasteiger partial charge in [-0.2, -0.15) is 0 Å². The summed E-state index contributed by atoms with van der Waals surface area (Å²) >= 11 is 0. The maximum Gasteiger partial charge on any atom is 0.125 e. The highest BCUT2D eigenvalue weighted by molar-refractivity contribution is 5.48. The standard InChI is InChI=1S/C17H27FN2O/c1-13(2)20-7-4-5-17(12-21,6-8-20)19-16-10-14(3)9-15(18)11-16/h9-11,13,19,21H,4-8,12H2,1-3H3. The Labute approximate surface area is 127 Å². The Bertz CT molecular complexity index is 458. The summed E-state index contributed by atoms with van der Waals surface area (Å²) in [5.74, 6) is -0.233. The van der Waals surface area contributed by atoms with Crippen molar-refractivity contribution >= 4 is 5.69 Å². The first-order chi connectivity index (χ1) is 9.94. The van der Waals surface area contributed by atoms with E-state index in [0.717, 1.165) is 43.6 Å². The number of hydrogen-bond acceptors (Lipinski definition) is 3. The van der Waals surface area contributed by atoms with Crippen LogP contribution in [-0.4, -0.2) is 41.3 Å². The van der Waals surface area contributed by atoms with E-state index < -0.39 is 0 Å². The van der Waals surface area contributed by atoms with Crippen LogP contribution in [0, 0.1) is 12.7 Å². The molecule has 2 rings (SSSR count). The van der Waals surface area contributed by atoms with Crippen LogP contribution in [0.1, 0.15) is 38.7 Å². The molecule has 1 aromatic rings. The lowest BCUT2D eigenvalue weighted by molar-refractivity contribution is 0.186. The third-order valence-corrected chi connectivity index (χ3v) is 4.46. The zero-order valence-corrected chi connectivity index (χ0v) is 13.3. The number of hydrogen-bond donors (Lipinski definition) is 2. The van der Waals surface area contributed by atoms with Gasteiger partial charge in [0.25, 0.3) is 0 Å². The van der Waals surface area contributed by atoms with Crippen LogP contribution < -0.4 is 5.32 Å². The average molecular weight is 294 g/mol. The topological polar surface area (TPSA) is 35.5 Å². The molecule has 0 bridgehead atoms. The Balaban J connectivity index is 2.14. The number of aliphatic hydroxyl groups excluding tert-OH is 1. The summed E-state index contributed by atoms with van der Waals surface area (Å²) in [4.78, 5) is 2.44. The summed E-state index contributed by atoms with van der Waals surface area (Å²) in [6, 6.07) is 5.49. The molecule has 1 atom stereocenters. The Morgan fingerprint density at radius 1 is 1.29 bits per heavy atom. The molecule has 0 radical (unpaired) electrons. The van der Waals surface area contributed by atoms with Crippen molar-refractivity contribution in [1.29, 1.82) is 0 Å². The highest BCUT2D eigenvalue weighted by atomic mass is 19.1. The second kappa shape index (κ2) is 6.75. The molecule has 118 valence electrons. The van der Waals surface area contributed by atoms with Gasteiger partial charge in [-0.3, -0.25) is 0 Å². The van der Waals surface area contributed by atoms with Crippen molar-refractivity contribution in [2.24, 2.45) is 0 Å². The zero-order valence-electron chi connectivity index (χ0n) is 13.3. The van der Waals surface area contributed by atoms with Crippen molar-refractivity contribution in [2.45, 2.75) is 51.6 Å². The fourth-order valence-electron chi connectivity index (χ4n) is 3.17. The molecule has 4 heteroatoms. The second-order valence-corrected chi connectivity index (χ2v) is 6.56. The fourth-order valence-corrected chi connectivity index (χ4v) is 3.17. The molecule has 1 aliphatic rings. The van der Waals surface area contributed by atoms with Gasteiger partial charge in [0.15, 0.2) is 0 Å². The number of benzene rings is 1. The summed E-state index contributed by atoms with van der Waals surface area (Å²) < 4.78 is 13.5. The van der Waals surface area contributed by atoms with E-state index in [-0.39, 0.29) is 18.0 Å². The number of aliphatic hydroxyl groups is 1. The largest absolute Gasteiger partial charge is 0.394 e. The molecule has 1 aromatic carbocycles. The molecule has 0 saturated carbocycles. The first kappa shape index (κ1) is 16.2. The first-order valence-electron chi connectivity index (χ1n) is 7.84. The highest BCUT2D eigenvalue weighted by Crippen LogP contribution is 2.28. The van der Waals surface area contributed by atoms with E-state index in [4.69, 9.17) is 0 Å². The molecular formula is C17H27FN2O. The van der Waals surface area contributed by atoms with E-state index in [1.54, 1.807) is 0 Å². The summed E-state index contributed by atoms with van der Waals surface area (Å²) in [6.07, 6.45) is 2.82. The van der Waals surface area contributed by atoms with Crippen molar-refractivity contribution in [1.82, 2.24) is 4.90 Å². The van der Waals surface area contributed by atoms with Crippen LogP contribution in [0.25, 0.3) is 0 Å². The van der Waals surface area contributed by atoms with Gasteiger partial charge in [0.05, 0.1) is 12.1 Å². The molecule has 0 aromatic heterocycles. The minimum Gasteiger partial charge on any atom is -0.394 e. The molecule has 0 spiro atoms. The van der Waals surface area contributed by atoms with Gasteiger partial charge in [-0.1, -0.05) is 0 Å². The third-order valence-electron chi connectivity index (χ3n) is 4.46. The lowest BCUT2D eigenvalue weighted by Crippen LogP contribution is -2.43. The minimum absolute atomic E-state index is 0.0779. The number of anilines is 1. The summed E-state index contributed by atoms with van der Waals surface area (Å²) in [7, 11) is 0. The molecule has 1 unspecified atom stereocenters. The lowest BCUT2D eigenvalue weighted by Gasteiger charge is -2.33. The van der Waals surface area contributed by atoms with Crippen molar-refractivity contribution < 1.29 is 9.50 Å². The Morgan fingerprint density at radius 3 is 2.67 bits per heavy atom. The molecule has 0 amide bonds. The SMILES string of the molecule is Cc1cc(F)cc(NC2(CO)CCCN(C(C)C)CC2)c1. The molecule has 1 aliphatic heterocycles. The summed E-state index contributed by atoms with van der Waals surface area (Å²) in [5.41, 5.74) is 1.31. The predicted octanol–water partition coefficient (Wildman–Crippen LogP) is 3.17. The van der Waals surface area contributed by atoms with Crippen molar-refractivity contribution in [2.75, 3.05) is 25.0 Å². The number of nitrogens with one attached hydrogen (secondary N) is 1. The van der Waals surface area contributed by atoms with Gasteiger partial charge < -0.3 is 15.3 Å². The van der Waals surface area contributed by atoms with E-state index in [0.29, 0.717) is 6.04 Å². The van der Waals surface area contributed by atoms with Gasteiger partial charge in [0, 0.05) is 18.3 Å². The molecule has 1 heterocycles. The van der Waals surface area contributed by atoms with Crippen LogP contribution >= 0.6 is 0 Å². The van der Waals surface area contributed by atoms with Crippen LogP contribution in [0.15, 0.2) is 18.2 Å². The molecule has 2 N–H and O–H groups in total. The summed E-state index contributed by atoms with van der Waals surface area (Å²) in [6.45, 7) is 8.38. The van der Waals surface area contributed by atoms with E-state index >= 15 is 0 Å². The van der Waals surface area contributed by atoms with Crippen LogP contribution in [0.3, 0.4) is 0 Å². The second-order valence-electron chi connectivity index (χ2n) is 6.56. The smallest absolute Gasteiger partial charge is 0.125 e. The highest BCUT2D eigenvalue weighted by Gasteiger charge is 2.32. The Kier molecular flexibility index (Phi) is 5.22. The van der Waals surface area contributed by atoms with Crippen molar-refractivity contribution in [3.8, 4) is 0 Å². The van der Waals surface area contributed by atoms with Gasteiger partial charge in [-0.15, -0.1) is 0 Å². The molecule has 1 saturated heterocycles. The van der Waals surface area contributed by atoms with E-state index in [1.165, 1.54) is 12.1 Å². The van der Waals surface area contributed by atoms with Gasteiger partial charge >= 0.3 is 0 Å². The maximum absolute atomic E-state index is 13.5. The monoisotopic (exact) mass is 294 g/mol. The maximum atomic E-state index is 13.5. The number of aryl methyl sites for hydroxylation is 1. The van der Waals surface area contributed by atoms with E-state index in [1.807, 2.05) is 13.0 Å². The zero-order chi connectivity index (χ0) is 15.5. The van der Waals surface area contributed by atoms with E-state index in [9.17, 15) is 9.50 Å². The molecule has 21 heavy (non-hydrogen) atoms. The van der Waals surface area contributed by atoms with E-state index in [2.05, 4.69) is 24.1 Å². The first-order valence-corrected chi connectivity index (χ1v) is 7.84. The molecule has 3 nitrogen and oxygen atoms in total. The Morgan fingerprint density at radius 2 is 2.05 bits per heavy atom. The number of nitrogens with zero attached hydrogens (tertiary/aromatic N) is 1. The number of halogens is 1. The molecule has 0 aliphatic carbocycles. The fraction of sp³-hybridized carbons (Fsp3) is 0.647.